The largest absolute Gasteiger partial charge is 0.494 e. The molecule has 2 fully saturated rings. The molecule has 122 valence electrons. The molecule has 0 unspecified atom stereocenters. The van der Waals surface area contributed by atoms with Crippen molar-refractivity contribution >= 4 is 17.9 Å². The Balaban J connectivity index is 1.51. The van der Waals surface area contributed by atoms with Crippen molar-refractivity contribution in [2.45, 2.75) is 19.4 Å². The van der Waals surface area contributed by atoms with Gasteiger partial charge in [0.1, 0.15) is 5.75 Å². The molecule has 2 heterocycles. The lowest BCUT2D eigenvalue weighted by Gasteiger charge is -2.42. The lowest BCUT2D eigenvalue weighted by molar-refractivity contribution is -0.141. The van der Waals surface area contributed by atoms with E-state index in [2.05, 4.69) is 4.74 Å². The molecule has 0 aliphatic carbocycles. The molecule has 3 rings (SSSR count). The number of amides is 3. The monoisotopic (exact) mass is 318 g/mol. The summed E-state index contributed by atoms with van der Waals surface area (Å²) < 4.78 is 10.0. The maximum atomic E-state index is 12.2. The second kappa shape index (κ2) is 6.28. The first kappa shape index (κ1) is 15.3. The maximum absolute atomic E-state index is 12.2. The van der Waals surface area contributed by atoms with Crippen LogP contribution in [0.5, 0.6) is 5.75 Å². The maximum Gasteiger partial charge on any atom is 0.417 e. The van der Waals surface area contributed by atoms with Crippen LogP contribution >= 0.6 is 0 Å². The molecule has 0 bridgehead atoms. The fourth-order valence-corrected chi connectivity index (χ4v) is 2.70. The van der Waals surface area contributed by atoms with Crippen LogP contribution in [0.25, 0.3) is 0 Å². The van der Waals surface area contributed by atoms with E-state index < -0.39 is 6.09 Å². The first-order valence-corrected chi connectivity index (χ1v) is 7.57. The van der Waals surface area contributed by atoms with Gasteiger partial charge in [-0.2, -0.15) is 0 Å². The fourth-order valence-electron chi connectivity index (χ4n) is 2.70. The highest BCUT2D eigenvalue weighted by atomic mass is 16.6. The van der Waals surface area contributed by atoms with Crippen molar-refractivity contribution in [1.82, 2.24) is 9.80 Å². The highest BCUT2D eigenvalue weighted by molar-refractivity contribution is 5.98. The zero-order chi connectivity index (χ0) is 16.4. The van der Waals surface area contributed by atoms with Gasteiger partial charge in [-0.05, 0) is 24.6 Å². The molecule has 0 spiro atoms. The van der Waals surface area contributed by atoms with Gasteiger partial charge in [-0.3, -0.25) is 9.59 Å². The summed E-state index contributed by atoms with van der Waals surface area (Å²) in [6.45, 7) is 3.06. The predicted octanol–water partition coefficient (Wildman–Crippen LogP) is 0.817. The van der Waals surface area contributed by atoms with Crippen molar-refractivity contribution in [3.05, 3.63) is 29.8 Å². The predicted molar refractivity (Wildman–Crippen MR) is 79.9 cm³/mol. The van der Waals surface area contributed by atoms with Crippen LogP contribution in [0.15, 0.2) is 24.3 Å². The Labute approximate surface area is 133 Å². The van der Waals surface area contributed by atoms with Gasteiger partial charge >= 0.3 is 6.09 Å². The molecule has 2 saturated heterocycles. The van der Waals surface area contributed by atoms with Crippen molar-refractivity contribution < 1.29 is 23.9 Å². The topological polar surface area (TPSA) is 76.2 Å². The average molecular weight is 318 g/mol. The lowest BCUT2D eigenvalue weighted by atomic mass is 10.0. The number of imide groups is 1. The zero-order valence-corrected chi connectivity index (χ0v) is 12.9. The van der Waals surface area contributed by atoms with Crippen LogP contribution in [-0.4, -0.2) is 60.1 Å². The number of hydrogen-bond acceptors (Lipinski definition) is 5. The second-order valence-electron chi connectivity index (χ2n) is 5.52. The van der Waals surface area contributed by atoms with Crippen molar-refractivity contribution in [3.63, 3.8) is 0 Å². The second-order valence-corrected chi connectivity index (χ2v) is 5.52. The Kier molecular flexibility index (Phi) is 4.18. The molecule has 1 aromatic carbocycles. The van der Waals surface area contributed by atoms with E-state index in [1.807, 2.05) is 31.2 Å². The van der Waals surface area contributed by atoms with Gasteiger partial charge in [-0.1, -0.05) is 12.1 Å². The van der Waals surface area contributed by atoms with Gasteiger partial charge in [0.25, 0.3) is 5.91 Å². The Bertz CT molecular complexity index is 606. The SMILES string of the molecule is CCOc1ccc(CC(=O)N2CC(N3C(=O)COC3=O)C2)cc1. The average Bonchev–Trinajstić information content (AvgIpc) is 2.80. The highest BCUT2D eigenvalue weighted by Crippen LogP contribution is 2.21. The summed E-state index contributed by atoms with van der Waals surface area (Å²) in [5, 5.41) is 0. The van der Waals surface area contributed by atoms with Crippen molar-refractivity contribution in [2.24, 2.45) is 0 Å². The number of carbonyl (C=O) groups is 3. The Morgan fingerprint density at radius 3 is 2.52 bits per heavy atom. The van der Waals surface area contributed by atoms with E-state index in [9.17, 15) is 14.4 Å². The van der Waals surface area contributed by atoms with E-state index in [0.717, 1.165) is 16.2 Å². The van der Waals surface area contributed by atoms with Gasteiger partial charge in [0.05, 0.1) is 19.1 Å². The van der Waals surface area contributed by atoms with Gasteiger partial charge in [-0.25, -0.2) is 9.69 Å². The molecule has 3 amide bonds. The number of nitrogens with zero attached hydrogens (tertiary/aromatic N) is 2. The molecule has 7 heteroatoms. The minimum absolute atomic E-state index is 0.0228. The molecular weight excluding hydrogens is 300 g/mol. The molecule has 7 nitrogen and oxygen atoms in total. The molecule has 2 aliphatic rings. The molecule has 23 heavy (non-hydrogen) atoms. The first-order chi connectivity index (χ1) is 11.1. The molecule has 0 radical (unpaired) electrons. The summed E-state index contributed by atoms with van der Waals surface area (Å²) >= 11 is 0. The summed E-state index contributed by atoms with van der Waals surface area (Å²) in [7, 11) is 0. The van der Waals surface area contributed by atoms with E-state index in [1.54, 1.807) is 4.90 Å². The smallest absolute Gasteiger partial charge is 0.417 e. The molecule has 0 aromatic heterocycles. The van der Waals surface area contributed by atoms with Crippen molar-refractivity contribution in [3.8, 4) is 5.75 Å². The van der Waals surface area contributed by atoms with E-state index in [0.29, 0.717) is 19.7 Å². The quantitative estimate of drug-likeness (QED) is 0.803. The standard InChI is InChI=1S/C16H18N2O5/c1-2-22-13-5-3-11(4-6-13)7-14(19)17-8-12(9-17)18-15(20)10-23-16(18)21/h3-6,12H,2,7-10H2,1H3. The Morgan fingerprint density at radius 2 is 1.96 bits per heavy atom. The van der Waals surface area contributed by atoms with E-state index >= 15 is 0 Å². The number of benzene rings is 1. The summed E-state index contributed by atoms with van der Waals surface area (Å²) in [6, 6.07) is 7.14. The summed E-state index contributed by atoms with van der Waals surface area (Å²) in [5.74, 6) is 0.419. The van der Waals surface area contributed by atoms with Crippen LogP contribution in [0.1, 0.15) is 12.5 Å². The van der Waals surface area contributed by atoms with Gasteiger partial charge in [-0.15, -0.1) is 0 Å². The lowest BCUT2D eigenvalue weighted by Crippen LogP contribution is -2.62. The normalized spacial score (nSPS) is 18.0. The Morgan fingerprint density at radius 1 is 1.26 bits per heavy atom. The molecule has 0 N–H and O–H groups in total. The summed E-state index contributed by atoms with van der Waals surface area (Å²) in [4.78, 5) is 37.9. The molecule has 2 aliphatic heterocycles. The molecule has 0 atom stereocenters. The highest BCUT2D eigenvalue weighted by Gasteiger charge is 2.44. The van der Waals surface area contributed by atoms with Gasteiger partial charge in [0, 0.05) is 13.1 Å². The third kappa shape index (κ3) is 3.13. The third-order valence-electron chi connectivity index (χ3n) is 3.95. The van der Waals surface area contributed by atoms with E-state index in [4.69, 9.17) is 4.74 Å². The number of carbonyl (C=O) groups excluding carboxylic acids is 3. The zero-order valence-electron chi connectivity index (χ0n) is 12.9. The number of rotatable bonds is 5. The number of ether oxygens (including phenoxy) is 2. The van der Waals surface area contributed by atoms with Gasteiger partial charge in [0.2, 0.25) is 5.91 Å². The van der Waals surface area contributed by atoms with Crippen LogP contribution < -0.4 is 4.74 Å². The molecule has 1 aromatic rings. The van der Waals surface area contributed by atoms with Crippen molar-refractivity contribution in [1.29, 1.82) is 0 Å². The van der Waals surface area contributed by atoms with Gasteiger partial charge < -0.3 is 14.4 Å². The minimum Gasteiger partial charge on any atom is -0.494 e. The van der Waals surface area contributed by atoms with Crippen LogP contribution in [0.4, 0.5) is 4.79 Å². The van der Waals surface area contributed by atoms with Crippen molar-refractivity contribution in [2.75, 3.05) is 26.3 Å². The minimum atomic E-state index is -0.612. The molecule has 0 saturated carbocycles. The third-order valence-corrected chi connectivity index (χ3v) is 3.95. The number of hydrogen-bond donors (Lipinski definition) is 0. The number of cyclic esters (lactones) is 1. The van der Waals surface area contributed by atoms with Crippen LogP contribution in [-0.2, 0) is 20.7 Å². The van der Waals surface area contributed by atoms with Crippen LogP contribution in [0, 0.1) is 0 Å². The van der Waals surface area contributed by atoms with E-state index in [1.165, 1.54) is 0 Å². The summed E-state index contributed by atoms with van der Waals surface area (Å²) in [5.41, 5.74) is 0.901. The Hall–Kier alpha value is -2.57. The first-order valence-electron chi connectivity index (χ1n) is 7.57. The summed E-state index contributed by atoms with van der Waals surface area (Å²) in [6.07, 6.45) is -0.323. The van der Waals surface area contributed by atoms with Crippen LogP contribution in [0.2, 0.25) is 0 Å². The van der Waals surface area contributed by atoms with Crippen LogP contribution in [0.3, 0.4) is 0 Å². The van der Waals surface area contributed by atoms with Gasteiger partial charge in [0.15, 0.2) is 6.61 Å². The molecular formula is C16H18N2O5. The van der Waals surface area contributed by atoms with E-state index in [-0.39, 0.29) is 30.9 Å². The number of likely N-dealkylation sites (tertiary alicyclic amines) is 1. The fraction of sp³-hybridized carbons (Fsp3) is 0.438.